The molecule has 0 saturated heterocycles. The molecule has 4 N–H and O–H groups in total. The van der Waals surface area contributed by atoms with Crippen LogP contribution in [0.25, 0.3) is 0 Å². The SMILES string of the molecule is N[C@H](C=O)Cc1ccc(OCC(=O)O)c(C(=O)O)c1. The van der Waals surface area contributed by atoms with Crippen molar-refractivity contribution in [2.75, 3.05) is 6.61 Å². The molecule has 19 heavy (non-hydrogen) atoms. The highest BCUT2D eigenvalue weighted by atomic mass is 16.5. The lowest BCUT2D eigenvalue weighted by atomic mass is 10.0. The van der Waals surface area contributed by atoms with Gasteiger partial charge in [-0.1, -0.05) is 6.07 Å². The lowest BCUT2D eigenvalue weighted by molar-refractivity contribution is -0.139. The van der Waals surface area contributed by atoms with E-state index in [9.17, 15) is 14.4 Å². The van der Waals surface area contributed by atoms with Crippen LogP contribution in [0.2, 0.25) is 0 Å². The van der Waals surface area contributed by atoms with Crippen LogP contribution in [0.1, 0.15) is 15.9 Å². The molecule has 7 heteroatoms. The molecule has 102 valence electrons. The third kappa shape index (κ3) is 4.40. The number of nitrogens with two attached hydrogens (primary N) is 1. The first-order valence-corrected chi connectivity index (χ1v) is 5.35. The maximum Gasteiger partial charge on any atom is 0.341 e. The van der Waals surface area contributed by atoms with Gasteiger partial charge in [-0.15, -0.1) is 0 Å². The average molecular weight is 267 g/mol. The van der Waals surface area contributed by atoms with Gasteiger partial charge in [-0.25, -0.2) is 9.59 Å². The summed E-state index contributed by atoms with van der Waals surface area (Å²) < 4.78 is 4.87. The number of hydrogen-bond donors (Lipinski definition) is 3. The topological polar surface area (TPSA) is 127 Å². The van der Waals surface area contributed by atoms with Gasteiger partial charge in [0.15, 0.2) is 6.61 Å². The third-order valence-electron chi connectivity index (χ3n) is 2.27. The van der Waals surface area contributed by atoms with Gasteiger partial charge in [-0.3, -0.25) is 0 Å². The summed E-state index contributed by atoms with van der Waals surface area (Å²) in [6.07, 6.45) is 0.762. The molecule has 0 heterocycles. The van der Waals surface area contributed by atoms with Crippen molar-refractivity contribution < 1.29 is 29.3 Å². The van der Waals surface area contributed by atoms with Crippen LogP contribution in [0, 0.1) is 0 Å². The van der Waals surface area contributed by atoms with Crippen molar-refractivity contribution in [1.29, 1.82) is 0 Å². The number of carboxylic acid groups (broad SMARTS) is 2. The monoisotopic (exact) mass is 267 g/mol. The van der Waals surface area contributed by atoms with Crippen LogP contribution in [-0.4, -0.2) is 41.1 Å². The number of carbonyl (C=O) groups excluding carboxylic acids is 1. The maximum absolute atomic E-state index is 11.0. The number of ether oxygens (including phenoxy) is 1. The summed E-state index contributed by atoms with van der Waals surface area (Å²) in [5.41, 5.74) is 5.83. The van der Waals surface area contributed by atoms with Crippen LogP contribution < -0.4 is 10.5 Å². The fourth-order valence-electron chi connectivity index (χ4n) is 1.46. The van der Waals surface area contributed by atoms with Gasteiger partial charge in [0.1, 0.15) is 17.6 Å². The van der Waals surface area contributed by atoms with E-state index in [0.717, 1.165) is 0 Å². The molecule has 1 aromatic carbocycles. The molecule has 0 fully saturated rings. The lowest BCUT2D eigenvalue weighted by Gasteiger charge is -2.10. The normalized spacial score (nSPS) is 11.6. The second-order valence-corrected chi connectivity index (χ2v) is 3.82. The third-order valence-corrected chi connectivity index (χ3v) is 2.27. The van der Waals surface area contributed by atoms with Crippen LogP contribution in [-0.2, 0) is 16.0 Å². The Morgan fingerprint density at radius 3 is 2.58 bits per heavy atom. The largest absolute Gasteiger partial charge is 0.481 e. The van der Waals surface area contributed by atoms with Crippen LogP contribution in [0.15, 0.2) is 18.2 Å². The van der Waals surface area contributed by atoms with Crippen molar-refractivity contribution in [3.8, 4) is 5.75 Å². The summed E-state index contributed by atoms with van der Waals surface area (Å²) in [5.74, 6) is -2.50. The smallest absolute Gasteiger partial charge is 0.341 e. The van der Waals surface area contributed by atoms with Crippen molar-refractivity contribution in [1.82, 2.24) is 0 Å². The van der Waals surface area contributed by atoms with Gasteiger partial charge in [-0.2, -0.15) is 0 Å². The molecule has 0 spiro atoms. The average Bonchev–Trinajstić information content (AvgIpc) is 2.36. The van der Waals surface area contributed by atoms with E-state index in [2.05, 4.69) is 0 Å². The molecule has 0 unspecified atom stereocenters. The Morgan fingerprint density at radius 2 is 2.05 bits per heavy atom. The molecule has 0 bridgehead atoms. The van der Waals surface area contributed by atoms with Crippen molar-refractivity contribution in [3.63, 3.8) is 0 Å². The van der Waals surface area contributed by atoms with Gasteiger partial charge in [-0.05, 0) is 24.1 Å². The molecule has 0 amide bonds. The Morgan fingerprint density at radius 1 is 1.37 bits per heavy atom. The Hall–Kier alpha value is -2.41. The van der Waals surface area contributed by atoms with E-state index in [1.165, 1.54) is 18.2 Å². The first-order chi connectivity index (χ1) is 8.93. The Bertz CT molecular complexity index is 499. The van der Waals surface area contributed by atoms with Gasteiger partial charge in [0.05, 0.1) is 6.04 Å². The summed E-state index contributed by atoms with van der Waals surface area (Å²) >= 11 is 0. The fraction of sp³-hybridized carbons (Fsp3) is 0.250. The first-order valence-electron chi connectivity index (χ1n) is 5.35. The lowest BCUT2D eigenvalue weighted by Crippen LogP contribution is -2.24. The predicted molar refractivity (Wildman–Crippen MR) is 64.3 cm³/mol. The van der Waals surface area contributed by atoms with Gasteiger partial charge >= 0.3 is 11.9 Å². The molecule has 0 saturated carbocycles. The Balaban J connectivity index is 2.97. The minimum Gasteiger partial charge on any atom is -0.481 e. The van der Waals surface area contributed by atoms with E-state index >= 15 is 0 Å². The number of hydrogen-bond acceptors (Lipinski definition) is 5. The van der Waals surface area contributed by atoms with E-state index in [0.29, 0.717) is 11.8 Å². The molecular weight excluding hydrogens is 254 g/mol. The van der Waals surface area contributed by atoms with E-state index < -0.39 is 24.6 Å². The minimum atomic E-state index is -1.25. The van der Waals surface area contributed by atoms with E-state index in [-0.39, 0.29) is 17.7 Å². The summed E-state index contributed by atoms with van der Waals surface area (Å²) in [5, 5.41) is 17.5. The van der Waals surface area contributed by atoms with E-state index in [1.54, 1.807) is 0 Å². The fourth-order valence-corrected chi connectivity index (χ4v) is 1.46. The zero-order chi connectivity index (χ0) is 14.4. The molecule has 1 aromatic rings. The highest BCUT2D eigenvalue weighted by Crippen LogP contribution is 2.21. The molecule has 0 aliphatic carbocycles. The van der Waals surface area contributed by atoms with Crippen molar-refractivity contribution >= 4 is 18.2 Å². The van der Waals surface area contributed by atoms with Crippen molar-refractivity contribution in [2.24, 2.45) is 5.73 Å². The molecule has 0 aliphatic rings. The second-order valence-electron chi connectivity index (χ2n) is 3.82. The number of aromatic carboxylic acids is 1. The standard InChI is InChI=1S/C12H13NO6/c13-8(5-14)3-7-1-2-10(19-6-11(15)16)9(4-7)12(17)18/h1-2,4-5,8H,3,6,13H2,(H,15,16)(H,17,18)/t8-/m0/s1. The number of carbonyl (C=O) groups is 3. The molecule has 1 rings (SSSR count). The summed E-state index contributed by atoms with van der Waals surface area (Å²) in [6, 6.07) is 3.47. The molecule has 7 nitrogen and oxygen atoms in total. The van der Waals surface area contributed by atoms with Crippen LogP contribution in [0.4, 0.5) is 0 Å². The zero-order valence-corrected chi connectivity index (χ0v) is 9.91. The zero-order valence-electron chi connectivity index (χ0n) is 9.91. The molecular formula is C12H13NO6. The molecule has 1 atom stereocenters. The summed E-state index contributed by atoms with van der Waals surface area (Å²) in [7, 11) is 0. The van der Waals surface area contributed by atoms with E-state index in [4.69, 9.17) is 20.7 Å². The first kappa shape index (κ1) is 14.7. The van der Waals surface area contributed by atoms with E-state index in [1.807, 2.05) is 0 Å². The number of aliphatic carboxylic acids is 1. The Kier molecular flexibility index (Phi) is 5.01. The highest BCUT2D eigenvalue weighted by molar-refractivity contribution is 5.91. The number of rotatable bonds is 7. The molecule has 0 aliphatic heterocycles. The number of aldehydes is 1. The van der Waals surface area contributed by atoms with Crippen LogP contribution in [0.3, 0.4) is 0 Å². The number of benzene rings is 1. The molecule has 0 radical (unpaired) electrons. The second kappa shape index (κ2) is 6.50. The van der Waals surface area contributed by atoms with Gasteiger partial charge in [0.2, 0.25) is 0 Å². The summed E-state index contributed by atoms with van der Waals surface area (Å²) in [6.45, 7) is -0.631. The van der Waals surface area contributed by atoms with Crippen molar-refractivity contribution in [3.05, 3.63) is 29.3 Å². The van der Waals surface area contributed by atoms with Crippen LogP contribution in [0.5, 0.6) is 5.75 Å². The summed E-state index contributed by atoms with van der Waals surface area (Å²) in [4.78, 5) is 31.9. The molecule has 0 aromatic heterocycles. The van der Waals surface area contributed by atoms with Crippen molar-refractivity contribution in [2.45, 2.75) is 12.5 Å². The quantitative estimate of drug-likeness (QED) is 0.589. The Labute approximate surface area is 108 Å². The minimum absolute atomic E-state index is 0.0432. The predicted octanol–water partition coefficient (Wildman–Crippen LogP) is -0.0831. The number of carboxylic acids is 2. The highest BCUT2D eigenvalue weighted by Gasteiger charge is 2.14. The van der Waals surface area contributed by atoms with Gasteiger partial charge < -0.3 is 25.5 Å². The van der Waals surface area contributed by atoms with Gasteiger partial charge in [0, 0.05) is 0 Å². The van der Waals surface area contributed by atoms with Crippen LogP contribution >= 0.6 is 0 Å². The van der Waals surface area contributed by atoms with Gasteiger partial charge in [0.25, 0.3) is 0 Å². The maximum atomic E-state index is 11.0.